The molecular formula is C4H8F3O5PS. The Bertz CT molecular complexity index is 309. The minimum absolute atomic E-state index is 0.554. The molecule has 0 rings (SSSR count). The van der Waals surface area contributed by atoms with Gasteiger partial charge >= 0.3 is 6.18 Å². The fourth-order valence-electron chi connectivity index (χ4n) is 0.618. The van der Waals surface area contributed by atoms with Gasteiger partial charge in [0.05, 0.1) is 7.11 Å². The van der Waals surface area contributed by atoms with E-state index in [4.69, 9.17) is 0 Å². The van der Waals surface area contributed by atoms with E-state index in [1.54, 1.807) is 0 Å². The van der Waals surface area contributed by atoms with Crippen LogP contribution in [-0.4, -0.2) is 33.8 Å². The maximum Gasteiger partial charge on any atom is 0.416 e. The van der Waals surface area contributed by atoms with Gasteiger partial charge in [0, 0.05) is 7.11 Å². The van der Waals surface area contributed by atoms with Crippen LogP contribution < -0.4 is 0 Å². The van der Waals surface area contributed by atoms with Crippen molar-refractivity contribution in [1.29, 1.82) is 0 Å². The van der Waals surface area contributed by atoms with E-state index in [1.165, 1.54) is 0 Å². The van der Waals surface area contributed by atoms with Gasteiger partial charge in [-0.2, -0.15) is 21.6 Å². The molecule has 0 aliphatic heterocycles. The third-order valence-corrected chi connectivity index (χ3v) is 5.14. The van der Waals surface area contributed by atoms with Crippen LogP contribution in [0.3, 0.4) is 0 Å². The van der Waals surface area contributed by atoms with Crippen molar-refractivity contribution in [3.8, 4) is 0 Å². The van der Waals surface area contributed by atoms with Crippen molar-refractivity contribution in [3.63, 3.8) is 0 Å². The molecule has 0 amide bonds. The first-order chi connectivity index (χ1) is 6.16. The van der Waals surface area contributed by atoms with E-state index in [0.29, 0.717) is 7.11 Å². The van der Waals surface area contributed by atoms with Crippen molar-refractivity contribution >= 4 is 18.1 Å². The van der Waals surface area contributed by atoms with E-state index in [-0.39, 0.29) is 0 Å². The van der Waals surface area contributed by atoms with Crippen LogP contribution in [-0.2, 0) is 23.4 Å². The van der Waals surface area contributed by atoms with Crippen molar-refractivity contribution in [2.45, 2.75) is 11.2 Å². The summed E-state index contributed by atoms with van der Waals surface area (Å²) in [6, 6.07) is 0. The summed E-state index contributed by atoms with van der Waals surface area (Å²) in [6.07, 6.45) is -5.18. The lowest BCUT2D eigenvalue weighted by Crippen LogP contribution is -2.34. The van der Waals surface area contributed by atoms with Crippen LogP contribution >= 0.6 is 8.03 Å². The normalized spacial score (nSPS) is 17.8. The summed E-state index contributed by atoms with van der Waals surface area (Å²) in [4.78, 5) is -3.12. The monoisotopic (exact) mass is 256 g/mol. The highest BCUT2D eigenvalue weighted by Crippen LogP contribution is 2.43. The standard InChI is InChI=1S/C4H8F3O5PS/c1-11-13(8)3(4(5,6)7)14(9,10)12-2/h3,13H,1-2H3. The molecule has 5 nitrogen and oxygen atoms in total. The second-order valence-corrected chi connectivity index (χ2v) is 5.94. The van der Waals surface area contributed by atoms with Gasteiger partial charge in [0.2, 0.25) is 8.03 Å². The lowest BCUT2D eigenvalue weighted by molar-refractivity contribution is -0.117. The summed E-state index contributed by atoms with van der Waals surface area (Å²) in [7, 11) is -7.45. The highest BCUT2D eigenvalue weighted by atomic mass is 32.2. The third-order valence-electron chi connectivity index (χ3n) is 1.23. The first-order valence-electron chi connectivity index (χ1n) is 3.10. The molecule has 0 bridgehead atoms. The van der Waals surface area contributed by atoms with Gasteiger partial charge in [-0.25, -0.2) is 0 Å². The molecule has 0 aromatic carbocycles. The van der Waals surface area contributed by atoms with Gasteiger partial charge in [-0.3, -0.25) is 8.75 Å². The average Bonchev–Trinajstić information content (AvgIpc) is 2.01. The van der Waals surface area contributed by atoms with E-state index >= 15 is 0 Å². The van der Waals surface area contributed by atoms with E-state index in [9.17, 15) is 26.2 Å². The summed E-state index contributed by atoms with van der Waals surface area (Å²) in [5, 5.41) is 0. The summed E-state index contributed by atoms with van der Waals surface area (Å²) in [5.74, 6) is 0. The Morgan fingerprint density at radius 1 is 1.29 bits per heavy atom. The van der Waals surface area contributed by atoms with Gasteiger partial charge in [-0.15, -0.1) is 0 Å². The largest absolute Gasteiger partial charge is 0.416 e. The van der Waals surface area contributed by atoms with E-state index in [0.717, 1.165) is 7.11 Å². The molecule has 10 heteroatoms. The Hall–Kier alpha value is -0.110. The van der Waals surface area contributed by atoms with E-state index in [2.05, 4.69) is 8.71 Å². The Morgan fingerprint density at radius 3 is 1.93 bits per heavy atom. The van der Waals surface area contributed by atoms with Crippen molar-refractivity contribution in [1.82, 2.24) is 0 Å². The second-order valence-electron chi connectivity index (χ2n) is 2.10. The number of alkyl halides is 3. The van der Waals surface area contributed by atoms with Gasteiger partial charge in [0.25, 0.3) is 15.1 Å². The van der Waals surface area contributed by atoms with Crippen molar-refractivity contribution < 1.29 is 34.9 Å². The SMILES string of the molecule is CO[PH](=O)C(C(F)(F)F)S(=O)(=O)OC. The molecule has 0 spiro atoms. The van der Waals surface area contributed by atoms with Gasteiger partial charge < -0.3 is 4.52 Å². The molecule has 0 aromatic heterocycles. The predicted molar refractivity (Wildman–Crippen MR) is 41.8 cm³/mol. The van der Waals surface area contributed by atoms with Crippen LogP contribution in [0.5, 0.6) is 0 Å². The highest BCUT2D eigenvalue weighted by molar-refractivity contribution is 7.93. The molecule has 0 saturated heterocycles. The van der Waals surface area contributed by atoms with Gasteiger partial charge in [-0.1, -0.05) is 0 Å². The topological polar surface area (TPSA) is 69.7 Å². The fraction of sp³-hybridized carbons (Fsp3) is 1.00. The molecule has 0 fully saturated rings. The van der Waals surface area contributed by atoms with Crippen LogP contribution in [0.25, 0.3) is 0 Å². The van der Waals surface area contributed by atoms with E-state index < -0.39 is 29.3 Å². The molecule has 0 saturated carbocycles. The first-order valence-corrected chi connectivity index (χ1v) is 5.97. The molecular weight excluding hydrogens is 248 g/mol. The van der Waals surface area contributed by atoms with Crippen molar-refractivity contribution in [2.75, 3.05) is 14.2 Å². The predicted octanol–water partition coefficient (Wildman–Crippen LogP) is 0.972. The summed E-state index contributed by atoms with van der Waals surface area (Å²) in [6.45, 7) is 0. The number of halogens is 3. The Kier molecular flexibility index (Phi) is 4.57. The quantitative estimate of drug-likeness (QED) is 0.553. The lowest BCUT2D eigenvalue weighted by atomic mass is 10.8. The fourth-order valence-corrected chi connectivity index (χ4v) is 3.14. The van der Waals surface area contributed by atoms with Gasteiger partial charge in [0.15, 0.2) is 0 Å². The Labute approximate surface area is 79.2 Å². The minimum Gasteiger partial charge on any atom is -0.333 e. The van der Waals surface area contributed by atoms with Crippen LogP contribution in [0.15, 0.2) is 0 Å². The minimum atomic E-state index is -5.18. The van der Waals surface area contributed by atoms with Crippen molar-refractivity contribution in [2.24, 2.45) is 0 Å². The summed E-state index contributed by atoms with van der Waals surface area (Å²) < 4.78 is 76.2. The first kappa shape index (κ1) is 13.9. The maximum absolute atomic E-state index is 12.1. The Morgan fingerprint density at radius 2 is 1.71 bits per heavy atom. The molecule has 86 valence electrons. The number of hydrogen-bond acceptors (Lipinski definition) is 5. The lowest BCUT2D eigenvalue weighted by Gasteiger charge is -2.17. The molecule has 14 heavy (non-hydrogen) atoms. The molecule has 0 aliphatic carbocycles. The summed E-state index contributed by atoms with van der Waals surface area (Å²) in [5.41, 5.74) is 0. The number of rotatable bonds is 4. The zero-order valence-electron chi connectivity index (χ0n) is 7.16. The molecule has 0 heterocycles. The second kappa shape index (κ2) is 4.61. The number of hydrogen-bond donors (Lipinski definition) is 0. The van der Waals surface area contributed by atoms with Crippen LogP contribution in [0.1, 0.15) is 0 Å². The highest BCUT2D eigenvalue weighted by Gasteiger charge is 2.53. The zero-order chi connectivity index (χ0) is 11.6. The van der Waals surface area contributed by atoms with E-state index in [1.807, 2.05) is 0 Å². The smallest absolute Gasteiger partial charge is 0.333 e. The van der Waals surface area contributed by atoms with Crippen LogP contribution in [0.2, 0.25) is 0 Å². The third kappa shape index (κ3) is 3.23. The maximum atomic E-state index is 12.1. The zero-order valence-corrected chi connectivity index (χ0v) is 8.98. The molecule has 2 unspecified atom stereocenters. The van der Waals surface area contributed by atoms with Crippen LogP contribution in [0, 0.1) is 0 Å². The van der Waals surface area contributed by atoms with Gasteiger partial charge in [-0.05, 0) is 0 Å². The molecule has 0 N–H and O–H groups in total. The van der Waals surface area contributed by atoms with Crippen LogP contribution in [0.4, 0.5) is 13.2 Å². The molecule has 0 radical (unpaired) electrons. The van der Waals surface area contributed by atoms with Crippen molar-refractivity contribution in [3.05, 3.63) is 0 Å². The van der Waals surface area contributed by atoms with Gasteiger partial charge in [0.1, 0.15) is 0 Å². The molecule has 2 atom stereocenters. The summed E-state index contributed by atoms with van der Waals surface area (Å²) >= 11 is 0. The molecule has 0 aliphatic rings. The Balaban J connectivity index is 5.25. The molecule has 0 aromatic rings. The average molecular weight is 256 g/mol.